The first kappa shape index (κ1) is 16.7. The van der Waals surface area contributed by atoms with E-state index in [9.17, 15) is 9.59 Å². The predicted molar refractivity (Wildman–Crippen MR) is 90.9 cm³/mol. The van der Waals surface area contributed by atoms with Crippen LogP contribution in [-0.2, 0) is 19.1 Å². The molecule has 1 saturated carbocycles. The van der Waals surface area contributed by atoms with Crippen LogP contribution in [0.4, 0.5) is 0 Å². The molecule has 0 aromatic rings. The van der Waals surface area contributed by atoms with E-state index in [1.807, 2.05) is 6.92 Å². The fourth-order valence-corrected chi connectivity index (χ4v) is 4.07. The van der Waals surface area contributed by atoms with Crippen molar-refractivity contribution in [1.29, 1.82) is 0 Å². The van der Waals surface area contributed by atoms with Gasteiger partial charge in [-0.25, -0.2) is 9.59 Å². The standard InChI is InChI=1S/C20H24O4/c1-6-10(2)19(21)23-16-9-15-11(3)7-8-14-12(4)20(22)24-18(14)17(15)13(16)5/h6-7,14-18H,4-5,8-9H2,1-3H3. The highest BCUT2D eigenvalue weighted by molar-refractivity contribution is 5.91. The van der Waals surface area contributed by atoms with Gasteiger partial charge in [0.25, 0.3) is 0 Å². The lowest BCUT2D eigenvalue weighted by Gasteiger charge is -2.26. The molecule has 2 fully saturated rings. The molecule has 2 aliphatic carbocycles. The normalized spacial score (nSPS) is 35.8. The van der Waals surface area contributed by atoms with Gasteiger partial charge >= 0.3 is 11.9 Å². The van der Waals surface area contributed by atoms with Crippen LogP contribution in [0.3, 0.4) is 0 Å². The molecule has 3 rings (SSSR count). The number of carbonyl (C=O) groups is 2. The molecule has 0 bridgehead atoms. The van der Waals surface area contributed by atoms with Gasteiger partial charge in [-0.15, -0.1) is 0 Å². The Labute approximate surface area is 142 Å². The fraction of sp³-hybridized carbons (Fsp3) is 0.500. The summed E-state index contributed by atoms with van der Waals surface area (Å²) in [5, 5.41) is 0. The van der Waals surface area contributed by atoms with Crippen LogP contribution in [0.5, 0.6) is 0 Å². The minimum atomic E-state index is -0.336. The van der Waals surface area contributed by atoms with Gasteiger partial charge in [-0.3, -0.25) is 0 Å². The van der Waals surface area contributed by atoms with Crippen molar-refractivity contribution in [3.8, 4) is 0 Å². The third-order valence-corrected chi connectivity index (χ3v) is 5.73. The number of carbonyl (C=O) groups excluding carboxylic acids is 2. The van der Waals surface area contributed by atoms with E-state index in [2.05, 4.69) is 26.2 Å². The second kappa shape index (κ2) is 6.08. The molecule has 4 nitrogen and oxygen atoms in total. The summed E-state index contributed by atoms with van der Waals surface area (Å²) >= 11 is 0. The second-order valence-corrected chi connectivity index (χ2v) is 6.99. The summed E-state index contributed by atoms with van der Waals surface area (Å²) in [5.41, 5.74) is 3.23. The highest BCUT2D eigenvalue weighted by Gasteiger charge is 2.53. The topological polar surface area (TPSA) is 52.6 Å². The van der Waals surface area contributed by atoms with Crippen molar-refractivity contribution in [3.63, 3.8) is 0 Å². The Morgan fingerprint density at radius 2 is 2.08 bits per heavy atom. The number of hydrogen-bond donors (Lipinski definition) is 0. The van der Waals surface area contributed by atoms with Gasteiger partial charge in [0.1, 0.15) is 12.2 Å². The van der Waals surface area contributed by atoms with Crippen molar-refractivity contribution < 1.29 is 19.1 Å². The van der Waals surface area contributed by atoms with Gasteiger partial charge < -0.3 is 9.47 Å². The Kier molecular flexibility index (Phi) is 4.24. The predicted octanol–water partition coefficient (Wildman–Crippen LogP) is 3.50. The molecule has 4 heteroatoms. The molecule has 128 valence electrons. The van der Waals surface area contributed by atoms with Gasteiger partial charge in [0.2, 0.25) is 0 Å². The van der Waals surface area contributed by atoms with Crippen LogP contribution in [-0.4, -0.2) is 24.1 Å². The lowest BCUT2D eigenvalue weighted by Crippen LogP contribution is -2.30. The largest absolute Gasteiger partial charge is 0.458 e. The third kappa shape index (κ3) is 2.54. The zero-order valence-electron chi connectivity index (χ0n) is 14.5. The highest BCUT2D eigenvalue weighted by Crippen LogP contribution is 2.51. The van der Waals surface area contributed by atoms with Crippen LogP contribution in [0, 0.1) is 17.8 Å². The first-order valence-corrected chi connectivity index (χ1v) is 8.44. The number of ether oxygens (including phenoxy) is 2. The Bertz CT molecular complexity index is 682. The molecule has 1 aliphatic heterocycles. The summed E-state index contributed by atoms with van der Waals surface area (Å²) in [6.45, 7) is 13.7. The first-order valence-electron chi connectivity index (χ1n) is 8.44. The second-order valence-electron chi connectivity index (χ2n) is 6.99. The van der Waals surface area contributed by atoms with E-state index in [-0.39, 0.29) is 41.9 Å². The van der Waals surface area contributed by atoms with Crippen LogP contribution in [0.2, 0.25) is 0 Å². The van der Waals surface area contributed by atoms with Gasteiger partial charge in [0.05, 0.1) is 0 Å². The maximum atomic E-state index is 12.1. The lowest BCUT2D eigenvalue weighted by atomic mass is 9.81. The number of allylic oxidation sites excluding steroid dienone is 3. The molecule has 0 aromatic heterocycles. The molecule has 24 heavy (non-hydrogen) atoms. The van der Waals surface area contributed by atoms with Gasteiger partial charge in [-0.2, -0.15) is 0 Å². The quantitative estimate of drug-likeness (QED) is 0.442. The monoisotopic (exact) mass is 328 g/mol. The summed E-state index contributed by atoms with van der Waals surface area (Å²) in [4.78, 5) is 24.1. The Morgan fingerprint density at radius 1 is 1.38 bits per heavy atom. The van der Waals surface area contributed by atoms with Crippen LogP contribution >= 0.6 is 0 Å². The third-order valence-electron chi connectivity index (χ3n) is 5.73. The molecule has 0 radical (unpaired) electrons. The summed E-state index contributed by atoms with van der Waals surface area (Å²) < 4.78 is 11.3. The van der Waals surface area contributed by atoms with Gasteiger partial charge in [-0.1, -0.05) is 30.9 Å². The number of fused-ring (bicyclic) bond motifs is 3. The van der Waals surface area contributed by atoms with Crippen LogP contribution in [0.25, 0.3) is 0 Å². The maximum absolute atomic E-state index is 12.1. The zero-order valence-corrected chi connectivity index (χ0v) is 14.5. The van der Waals surface area contributed by atoms with Gasteiger partial charge in [0, 0.05) is 23.0 Å². The Hall–Kier alpha value is -2.10. The first-order chi connectivity index (χ1) is 11.3. The van der Waals surface area contributed by atoms with E-state index in [0.29, 0.717) is 17.6 Å². The summed E-state index contributed by atoms with van der Waals surface area (Å²) in [5.74, 6) is -0.456. The molecule has 0 aromatic carbocycles. The summed E-state index contributed by atoms with van der Waals surface area (Å²) in [7, 11) is 0. The van der Waals surface area contributed by atoms with Crippen LogP contribution in [0.1, 0.15) is 33.6 Å². The van der Waals surface area contributed by atoms with E-state index >= 15 is 0 Å². The Morgan fingerprint density at radius 3 is 2.75 bits per heavy atom. The van der Waals surface area contributed by atoms with Crippen molar-refractivity contribution in [1.82, 2.24) is 0 Å². The van der Waals surface area contributed by atoms with Crippen LogP contribution in [0.15, 0.2) is 47.6 Å². The van der Waals surface area contributed by atoms with E-state index in [0.717, 1.165) is 12.0 Å². The van der Waals surface area contributed by atoms with E-state index in [1.54, 1.807) is 13.0 Å². The molecular formula is C20H24O4. The number of esters is 2. The smallest absolute Gasteiger partial charge is 0.334 e. The van der Waals surface area contributed by atoms with E-state index in [4.69, 9.17) is 9.47 Å². The van der Waals surface area contributed by atoms with Crippen molar-refractivity contribution in [2.45, 2.75) is 45.8 Å². The van der Waals surface area contributed by atoms with E-state index < -0.39 is 0 Å². The summed E-state index contributed by atoms with van der Waals surface area (Å²) in [6, 6.07) is 0. The van der Waals surface area contributed by atoms with Crippen LogP contribution < -0.4 is 0 Å². The van der Waals surface area contributed by atoms with Gasteiger partial charge in [-0.05, 0) is 45.1 Å². The SMILES string of the molecule is C=C1C(=O)OC2C1CC=C(C)C1CC(OC(=O)C(C)=CC)C(=C)C12. The minimum absolute atomic E-state index is 0.00840. The molecule has 0 spiro atoms. The lowest BCUT2D eigenvalue weighted by molar-refractivity contribution is -0.143. The molecule has 5 unspecified atom stereocenters. The molecule has 5 atom stereocenters. The average molecular weight is 328 g/mol. The maximum Gasteiger partial charge on any atom is 0.334 e. The highest BCUT2D eigenvalue weighted by atomic mass is 16.6. The molecular weight excluding hydrogens is 304 g/mol. The van der Waals surface area contributed by atoms with E-state index in [1.165, 1.54) is 5.57 Å². The van der Waals surface area contributed by atoms with Crippen molar-refractivity contribution >= 4 is 11.9 Å². The van der Waals surface area contributed by atoms with Crippen molar-refractivity contribution in [2.75, 3.05) is 0 Å². The average Bonchev–Trinajstić information content (AvgIpc) is 2.97. The van der Waals surface area contributed by atoms with Crippen molar-refractivity contribution in [3.05, 3.63) is 47.6 Å². The molecule has 0 N–H and O–H groups in total. The zero-order chi connectivity index (χ0) is 17.6. The Balaban J connectivity index is 1.88. The molecule has 0 amide bonds. The minimum Gasteiger partial charge on any atom is -0.458 e. The number of rotatable bonds is 2. The van der Waals surface area contributed by atoms with Gasteiger partial charge in [0.15, 0.2) is 0 Å². The molecule has 3 aliphatic rings. The molecule has 1 heterocycles. The summed E-state index contributed by atoms with van der Waals surface area (Å²) in [6.07, 6.45) is 4.79. The number of hydrogen-bond acceptors (Lipinski definition) is 4. The fourth-order valence-electron chi connectivity index (χ4n) is 4.07. The van der Waals surface area contributed by atoms with Crippen molar-refractivity contribution in [2.24, 2.45) is 17.8 Å². The molecule has 1 saturated heterocycles.